The smallest absolute Gasteiger partial charge is 0 e. The van der Waals surface area contributed by atoms with Crippen molar-refractivity contribution in [1.82, 2.24) is 0 Å². The molecule has 6 nitrogen and oxygen atoms in total. The van der Waals surface area contributed by atoms with Crippen LogP contribution >= 0.6 is 7.53 Å². The average molecular weight is 438 g/mol. The summed E-state index contributed by atoms with van der Waals surface area (Å²) in [6.45, 7) is 24.1. The third-order valence-electron chi connectivity index (χ3n) is 2.14. The van der Waals surface area contributed by atoms with E-state index >= 15 is 0 Å². The van der Waals surface area contributed by atoms with Crippen LogP contribution in [0, 0.1) is 33.3 Å². The maximum atomic E-state index is 11.3. The van der Waals surface area contributed by atoms with Crippen LogP contribution in [0.1, 0.15) is 17.0 Å². The predicted molar refractivity (Wildman–Crippen MR) is 80.1 cm³/mol. The summed E-state index contributed by atoms with van der Waals surface area (Å²) in [5.74, 6) is 2.31. The van der Waals surface area contributed by atoms with E-state index in [4.69, 9.17) is 23.3 Å². The summed E-state index contributed by atoms with van der Waals surface area (Å²) in [7, 11) is -0.512. The van der Waals surface area contributed by atoms with Crippen LogP contribution in [0.15, 0.2) is 48.3 Å². The molecule has 0 N–H and O–H groups in total. The van der Waals surface area contributed by atoms with Crippen molar-refractivity contribution in [1.29, 1.82) is 0 Å². The van der Waals surface area contributed by atoms with Crippen molar-refractivity contribution in [3.8, 4) is 5.30 Å². The Morgan fingerprint density at radius 1 is 0.760 bits per heavy atom. The van der Waals surface area contributed by atoms with Gasteiger partial charge >= 0.3 is 56.5 Å². The van der Waals surface area contributed by atoms with E-state index in [9.17, 15) is 4.79 Å². The summed E-state index contributed by atoms with van der Waals surface area (Å²) >= 11 is 0. The van der Waals surface area contributed by atoms with Gasteiger partial charge in [-0.05, 0) is 24.1 Å². The molecular formula is C17H11MoO6P. The fraction of sp³-hybridized carbons (Fsp3) is 0.0588. The Hall–Kier alpha value is -1.94. The molecule has 0 fully saturated rings. The zero-order valence-electron chi connectivity index (χ0n) is 12.9. The van der Waals surface area contributed by atoms with Gasteiger partial charge in [0.1, 0.15) is 0 Å². The quantitative estimate of drug-likeness (QED) is 0.303. The SMILES string of the molecule is CC(=O)c1cccp1-c1ccccc1.[C-]#[O+].[C-]#[O+].[C-]#[O+].[C-]#[O+].[C-]#[O+].[Mo]. The van der Waals surface area contributed by atoms with Gasteiger partial charge in [-0.2, -0.15) is 0 Å². The van der Waals surface area contributed by atoms with Gasteiger partial charge in [0, 0.05) is 26.4 Å². The van der Waals surface area contributed by atoms with E-state index < -0.39 is 7.53 Å². The van der Waals surface area contributed by atoms with Gasteiger partial charge in [-0.3, -0.25) is 4.79 Å². The summed E-state index contributed by atoms with van der Waals surface area (Å²) < 4.78 is 37.5. The maximum Gasteiger partial charge on any atom is 0 e. The van der Waals surface area contributed by atoms with Crippen LogP contribution in [0.25, 0.3) is 5.30 Å². The molecule has 2 rings (SSSR count). The largest absolute Gasteiger partial charge is 0 e. The minimum atomic E-state index is -0.512. The van der Waals surface area contributed by atoms with Crippen LogP contribution in [0.2, 0.25) is 0 Å². The molecule has 0 aliphatic carbocycles. The van der Waals surface area contributed by atoms with E-state index in [2.05, 4.69) is 51.2 Å². The third-order valence-corrected chi connectivity index (χ3v) is 4.45. The summed E-state index contributed by atoms with van der Waals surface area (Å²) in [6.07, 6.45) is 0. The second-order valence-electron chi connectivity index (χ2n) is 3.16. The van der Waals surface area contributed by atoms with Crippen molar-refractivity contribution in [2.24, 2.45) is 0 Å². The second-order valence-corrected chi connectivity index (χ2v) is 5.19. The molecule has 0 aliphatic rings. The molecule has 1 heterocycles. The first kappa shape index (κ1) is 34.4. The second kappa shape index (κ2) is 30.0. The van der Waals surface area contributed by atoms with Gasteiger partial charge in [-0.1, -0.05) is 43.9 Å². The minimum absolute atomic E-state index is 0. The molecule has 1 atom stereocenters. The molecule has 25 heavy (non-hydrogen) atoms. The van der Waals surface area contributed by atoms with Crippen LogP contribution in [0.5, 0.6) is 0 Å². The standard InChI is InChI=1S/C12H11OP.5CO.Mo/c1-10(13)12-8-5-9-14(12)11-6-3-2-4-7-11;5*1-2;/h2-9H,1H3;;;;;;. The number of rotatable bonds is 2. The van der Waals surface area contributed by atoms with Crippen LogP contribution in [-0.2, 0) is 44.3 Å². The third kappa shape index (κ3) is 15.3. The fourth-order valence-corrected chi connectivity index (χ4v) is 3.43. The number of carbonyl (C=O) groups excluding carboxylic acids is 1. The van der Waals surface area contributed by atoms with Crippen LogP contribution in [-0.4, -0.2) is 5.78 Å². The molecule has 0 spiro atoms. The normalized spacial score (nSPS) is 6.76. The zero-order valence-corrected chi connectivity index (χ0v) is 15.8. The molecule has 1 unspecified atom stereocenters. The van der Waals surface area contributed by atoms with Crippen LogP contribution in [0.3, 0.4) is 0 Å². The van der Waals surface area contributed by atoms with E-state index in [0.29, 0.717) is 0 Å². The van der Waals surface area contributed by atoms with Gasteiger partial charge in [0.2, 0.25) is 0 Å². The van der Waals surface area contributed by atoms with Crippen LogP contribution < -0.4 is 0 Å². The summed E-state index contributed by atoms with van der Waals surface area (Å²) in [5, 5.41) is 2.20. The van der Waals surface area contributed by atoms with E-state index in [-0.39, 0.29) is 26.8 Å². The molecule has 1 aromatic heterocycles. The van der Waals surface area contributed by atoms with Crippen molar-refractivity contribution in [3.05, 3.63) is 86.8 Å². The topological polar surface area (TPSA) is 117 Å². The molecule has 8 heteroatoms. The Morgan fingerprint density at radius 3 is 1.52 bits per heavy atom. The maximum absolute atomic E-state index is 11.3. The minimum Gasteiger partial charge on any atom is 0 e. The average Bonchev–Trinajstić information content (AvgIpc) is 3.21. The van der Waals surface area contributed by atoms with Crippen molar-refractivity contribution in [2.75, 3.05) is 0 Å². The number of hydrogen-bond donors (Lipinski definition) is 0. The molecule has 1 aromatic carbocycles. The van der Waals surface area contributed by atoms with Gasteiger partial charge in [0.15, 0.2) is 5.78 Å². The van der Waals surface area contributed by atoms with Gasteiger partial charge in [0.05, 0.1) is 0 Å². The Balaban J connectivity index is -0.000000105. The fourth-order valence-electron chi connectivity index (χ4n) is 1.48. The Morgan fingerprint density at radius 2 is 1.16 bits per heavy atom. The van der Waals surface area contributed by atoms with Crippen molar-refractivity contribution < 1.29 is 49.1 Å². The first-order valence-electron chi connectivity index (χ1n) is 5.55. The zero-order chi connectivity index (χ0) is 20.0. The molecular weight excluding hydrogens is 427 g/mol. The first-order valence-corrected chi connectivity index (χ1v) is 6.96. The molecule has 0 amide bonds. The monoisotopic (exact) mass is 440 g/mol. The van der Waals surface area contributed by atoms with Gasteiger partial charge in [-0.25, -0.2) is 0 Å². The molecule has 126 valence electrons. The first-order chi connectivity index (χ1) is 11.8. The summed E-state index contributed by atoms with van der Waals surface area (Å²) in [6, 6.07) is 14.1. The van der Waals surface area contributed by atoms with Gasteiger partial charge in [-0.15, -0.1) is 0 Å². The predicted octanol–water partition coefficient (Wildman–Crippen LogP) is 3.67. The Labute approximate surface area is 161 Å². The van der Waals surface area contributed by atoms with Gasteiger partial charge in [0.25, 0.3) is 0 Å². The molecule has 0 saturated carbocycles. The molecule has 2 aromatic rings. The Bertz CT molecular complexity index is 618. The van der Waals surface area contributed by atoms with E-state index in [0.717, 1.165) is 5.30 Å². The molecule has 0 saturated heterocycles. The van der Waals surface area contributed by atoms with Crippen LogP contribution in [0.4, 0.5) is 0 Å². The van der Waals surface area contributed by atoms with E-state index in [1.54, 1.807) is 6.92 Å². The Kier molecular flexibility index (Phi) is 41.3. The molecule has 0 bridgehead atoms. The van der Waals surface area contributed by atoms with Crippen molar-refractivity contribution in [2.45, 2.75) is 6.92 Å². The number of Topliss-reactive ketones (excluding diaryl/α,β-unsaturated/α-hetero) is 1. The molecule has 0 radical (unpaired) electrons. The molecule has 0 aliphatic heterocycles. The number of carbonyl (C=O) groups is 1. The van der Waals surface area contributed by atoms with E-state index in [1.807, 2.05) is 30.3 Å². The summed E-state index contributed by atoms with van der Waals surface area (Å²) in [4.78, 5) is 11.3. The van der Waals surface area contributed by atoms with Crippen molar-refractivity contribution >= 4 is 13.3 Å². The summed E-state index contributed by atoms with van der Waals surface area (Å²) in [5.41, 5.74) is 0. The van der Waals surface area contributed by atoms with Gasteiger partial charge < -0.3 is 0 Å². The number of hydrogen-bond acceptors (Lipinski definition) is 1. The van der Waals surface area contributed by atoms with Crippen molar-refractivity contribution in [3.63, 3.8) is 0 Å². The number of benzene rings is 1. The van der Waals surface area contributed by atoms with E-state index in [1.165, 1.54) is 5.30 Å². The number of ketones is 1.